The van der Waals surface area contributed by atoms with Gasteiger partial charge in [0.05, 0.1) is 19.9 Å². The Hall–Kier alpha value is -3.55. The fourth-order valence-electron chi connectivity index (χ4n) is 4.14. The number of methoxy groups -OCH3 is 2. The lowest BCUT2D eigenvalue weighted by molar-refractivity contribution is 0.355. The zero-order valence-corrected chi connectivity index (χ0v) is 16.5. The van der Waals surface area contributed by atoms with Crippen molar-refractivity contribution in [3.63, 3.8) is 0 Å². The molecule has 8 nitrogen and oxygen atoms in total. The second-order valence-electron chi connectivity index (χ2n) is 7.20. The van der Waals surface area contributed by atoms with Crippen molar-refractivity contribution in [3.8, 4) is 34.0 Å². The van der Waals surface area contributed by atoms with Gasteiger partial charge in [0.25, 0.3) is 5.56 Å². The predicted molar refractivity (Wildman–Crippen MR) is 109 cm³/mol. The van der Waals surface area contributed by atoms with Crippen LogP contribution in [0.2, 0.25) is 0 Å². The average Bonchev–Trinajstić information content (AvgIpc) is 3.41. The number of hydrogen-bond donors (Lipinski definition) is 2. The fraction of sp³-hybridized carbons (Fsp3) is 0.286. The van der Waals surface area contributed by atoms with E-state index in [1.54, 1.807) is 14.2 Å². The maximum Gasteiger partial charge on any atom is 0.273 e. The summed E-state index contributed by atoms with van der Waals surface area (Å²) in [6.07, 6.45) is 3.04. The Labute approximate surface area is 166 Å². The van der Waals surface area contributed by atoms with E-state index in [0.29, 0.717) is 22.8 Å². The second-order valence-corrected chi connectivity index (χ2v) is 7.20. The van der Waals surface area contributed by atoms with E-state index in [9.17, 15) is 4.79 Å². The molecule has 1 aliphatic rings. The molecular formula is C21H21N5O3. The van der Waals surface area contributed by atoms with Crippen LogP contribution in [-0.4, -0.2) is 39.0 Å². The SMILES string of the molecule is COc1ccc(-c2c(C)[nH]n3c(=O)cc(-c4n[nH]c5c4CCC5)nc23)cc1OC. The first-order valence-corrected chi connectivity index (χ1v) is 9.52. The molecular weight excluding hydrogens is 370 g/mol. The van der Waals surface area contributed by atoms with Gasteiger partial charge in [0.15, 0.2) is 17.1 Å². The molecule has 0 atom stereocenters. The monoisotopic (exact) mass is 391 g/mol. The van der Waals surface area contributed by atoms with Crippen LogP contribution in [-0.2, 0) is 12.8 Å². The number of H-pyrrole nitrogens is 2. The van der Waals surface area contributed by atoms with E-state index in [0.717, 1.165) is 47.5 Å². The summed E-state index contributed by atoms with van der Waals surface area (Å²) in [5, 5.41) is 10.7. The summed E-state index contributed by atoms with van der Waals surface area (Å²) in [5.41, 5.74) is 6.64. The molecule has 0 amide bonds. The van der Waals surface area contributed by atoms with E-state index < -0.39 is 0 Å². The van der Waals surface area contributed by atoms with Crippen LogP contribution >= 0.6 is 0 Å². The first kappa shape index (κ1) is 17.5. The number of aryl methyl sites for hydroxylation is 2. The quantitative estimate of drug-likeness (QED) is 0.558. The summed E-state index contributed by atoms with van der Waals surface area (Å²) in [6.45, 7) is 1.92. The molecule has 1 aromatic carbocycles. The number of rotatable bonds is 4. The summed E-state index contributed by atoms with van der Waals surface area (Å²) in [5.74, 6) is 1.26. The minimum absolute atomic E-state index is 0.172. The first-order chi connectivity index (χ1) is 14.1. The van der Waals surface area contributed by atoms with Crippen LogP contribution < -0.4 is 15.0 Å². The van der Waals surface area contributed by atoms with Gasteiger partial charge in [0.2, 0.25) is 0 Å². The van der Waals surface area contributed by atoms with Crippen molar-refractivity contribution in [2.24, 2.45) is 0 Å². The molecule has 2 N–H and O–H groups in total. The van der Waals surface area contributed by atoms with E-state index in [1.807, 2.05) is 25.1 Å². The third-order valence-corrected chi connectivity index (χ3v) is 5.52. The van der Waals surface area contributed by atoms with Gasteiger partial charge in [0, 0.05) is 28.6 Å². The lowest BCUT2D eigenvalue weighted by Crippen LogP contribution is -2.14. The van der Waals surface area contributed by atoms with Gasteiger partial charge >= 0.3 is 0 Å². The largest absolute Gasteiger partial charge is 0.493 e. The fourth-order valence-corrected chi connectivity index (χ4v) is 4.14. The number of nitrogens with one attached hydrogen (secondary N) is 2. The summed E-state index contributed by atoms with van der Waals surface area (Å²) in [7, 11) is 3.20. The molecule has 0 unspecified atom stereocenters. The van der Waals surface area contributed by atoms with Crippen molar-refractivity contribution in [2.45, 2.75) is 26.2 Å². The van der Waals surface area contributed by atoms with Crippen LogP contribution in [0.3, 0.4) is 0 Å². The Morgan fingerprint density at radius 1 is 1.10 bits per heavy atom. The highest BCUT2D eigenvalue weighted by Crippen LogP contribution is 2.35. The minimum Gasteiger partial charge on any atom is -0.493 e. The van der Waals surface area contributed by atoms with Crippen molar-refractivity contribution >= 4 is 5.65 Å². The number of hydrogen-bond acceptors (Lipinski definition) is 5. The first-order valence-electron chi connectivity index (χ1n) is 9.52. The number of benzene rings is 1. The maximum atomic E-state index is 12.8. The van der Waals surface area contributed by atoms with Gasteiger partial charge in [-0.2, -0.15) is 5.10 Å². The van der Waals surface area contributed by atoms with Crippen molar-refractivity contribution in [1.82, 2.24) is 24.8 Å². The Balaban J connectivity index is 1.74. The number of nitrogens with zero attached hydrogens (tertiary/aromatic N) is 3. The van der Waals surface area contributed by atoms with Gasteiger partial charge in [-0.1, -0.05) is 6.07 Å². The summed E-state index contributed by atoms with van der Waals surface area (Å²) >= 11 is 0. The molecule has 5 rings (SSSR count). The molecule has 0 saturated heterocycles. The number of aromatic nitrogens is 5. The molecule has 0 bridgehead atoms. The molecule has 0 aliphatic heterocycles. The highest BCUT2D eigenvalue weighted by atomic mass is 16.5. The molecule has 148 valence electrons. The van der Waals surface area contributed by atoms with Crippen LogP contribution in [0.25, 0.3) is 28.2 Å². The Bertz CT molecular complexity index is 1300. The van der Waals surface area contributed by atoms with Crippen LogP contribution in [0, 0.1) is 6.92 Å². The lowest BCUT2D eigenvalue weighted by Gasteiger charge is -2.09. The third kappa shape index (κ3) is 2.63. The summed E-state index contributed by atoms with van der Waals surface area (Å²) in [4.78, 5) is 17.7. The van der Waals surface area contributed by atoms with Gasteiger partial charge in [-0.25, -0.2) is 9.50 Å². The molecule has 0 fully saturated rings. The minimum atomic E-state index is -0.172. The van der Waals surface area contributed by atoms with Crippen molar-refractivity contribution in [1.29, 1.82) is 0 Å². The van der Waals surface area contributed by atoms with Gasteiger partial charge < -0.3 is 9.47 Å². The molecule has 29 heavy (non-hydrogen) atoms. The van der Waals surface area contributed by atoms with Crippen molar-refractivity contribution in [2.75, 3.05) is 14.2 Å². The van der Waals surface area contributed by atoms with Gasteiger partial charge in [-0.3, -0.25) is 15.0 Å². The Morgan fingerprint density at radius 2 is 1.93 bits per heavy atom. The van der Waals surface area contributed by atoms with Crippen LogP contribution in [0.5, 0.6) is 11.5 Å². The van der Waals surface area contributed by atoms with Gasteiger partial charge in [-0.05, 0) is 43.9 Å². The van der Waals surface area contributed by atoms with Crippen LogP contribution in [0.4, 0.5) is 0 Å². The molecule has 0 saturated carbocycles. The van der Waals surface area contributed by atoms with E-state index in [1.165, 1.54) is 16.1 Å². The van der Waals surface area contributed by atoms with Crippen molar-refractivity contribution in [3.05, 3.63) is 51.6 Å². The van der Waals surface area contributed by atoms with E-state index in [2.05, 4.69) is 15.3 Å². The number of ether oxygens (including phenoxy) is 2. The third-order valence-electron chi connectivity index (χ3n) is 5.52. The molecule has 4 aromatic rings. The lowest BCUT2D eigenvalue weighted by atomic mass is 10.1. The zero-order chi connectivity index (χ0) is 20.1. The summed E-state index contributed by atoms with van der Waals surface area (Å²) < 4.78 is 12.3. The molecule has 8 heteroatoms. The second kappa shape index (κ2) is 6.51. The maximum absolute atomic E-state index is 12.8. The average molecular weight is 391 g/mol. The predicted octanol–water partition coefficient (Wildman–Crippen LogP) is 2.89. The number of fused-ring (bicyclic) bond motifs is 2. The Kier molecular flexibility index (Phi) is 3.94. The van der Waals surface area contributed by atoms with Crippen LogP contribution in [0.15, 0.2) is 29.1 Å². The standard InChI is InChI=1S/C21H21N5O3/c1-11-19(12-7-8-16(28-2)17(9-12)29-3)21-22-15(10-18(27)26(21)25-11)20-13-5-4-6-14(13)23-24-20/h7-10,25H,4-6H2,1-3H3,(H,23,24). The highest BCUT2D eigenvalue weighted by molar-refractivity contribution is 5.82. The number of aromatic amines is 2. The van der Waals surface area contributed by atoms with Gasteiger partial charge in [0.1, 0.15) is 5.69 Å². The van der Waals surface area contributed by atoms with E-state index >= 15 is 0 Å². The van der Waals surface area contributed by atoms with Crippen molar-refractivity contribution < 1.29 is 9.47 Å². The molecule has 3 heterocycles. The molecule has 1 aliphatic carbocycles. The molecule has 0 spiro atoms. The van der Waals surface area contributed by atoms with E-state index in [-0.39, 0.29) is 5.56 Å². The highest BCUT2D eigenvalue weighted by Gasteiger charge is 2.23. The summed E-state index contributed by atoms with van der Waals surface area (Å²) in [6, 6.07) is 7.21. The zero-order valence-electron chi connectivity index (χ0n) is 16.5. The topological polar surface area (TPSA) is 97.3 Å². The normalized spacial score (nSPS) is 13.1. The van der Waals surface area contributed by atoms with Crippen LogP contribution in [0.1, 0.15) is 23.4 Å². The smallest absolute Gasteiger partial charge is 0.273 e. The molecule has 0 radical (unpaired) electrons. The van der Waals surface area contributed by atoms with E-state index in [4.69, 9.17) is 14.5 Å². The molecule has 3 aromatic heterocycles. The van der Waals surface area contributed by atoms with Gasteiger partial charge in [-0.15, -0.1) is 0 Å². The Morgan fingerprint density at radius 3 is 2.72 bits per heavy atom.